The van der Waals surface area contributed by atoms with Crippen LogP contribution in [0.4, 0.5) is 0 Å². The van der Waals surface area contributed by atoms with Gasteiger partial charge in [0.15, 0.2) is 0 Å². The van der Waals surface area contributed by atoms with E-state index in [4.69, 9.17) is 23.8 Å². The highest BCUT2D eigenvalue weighted by Gasteiger charge is 2.44. The van der Waals surface area contributed by atoms with Gasteiger partial charge < -0.3 is 24.4 Å². The van der Waals surface area contributed by atoms with E-state index >= 15 is 0 Å². The van der Waals surface area contributed by atoms with Gasteiger partial charge in [0.05, 0.1) is 18.8 Å². The first-order chi connectivity index (χ1) is 7.70. The molecule has 0 amide bonds. The second-order valence-electron chi connectivity index (χ2n) is 4.31. The molecule has 4 atom stereocenters. The minimum Gasteiger partial charge on any atom is -0.388 e. The van der Waals surface area contributed by atoms with Crippen molar-refractivity contribution in [1.82, 2.24) is 0 Å². The van der Waals surface area contributed by atoms with E-state index in [1.807, 2.05) is 13.8 Å². The molecule has 0 aliphatic carbocycles. The molecule has 0 spiro atoms. The van der Waals surface area contributed by atoms with Gasteiger partial charge in [-0.25, -0.2) is 0 Å². The summed E-state index contributed by atoms with van der Waals surface area (Å²) in [5, 5.41) is 9.80. The SMILES string of the molecule is CC(C)OC[C@H]1O[C@@H](C)[C@@H](O)C1OP(O)(O)=S. The molecule has 1 aliphatic rings. The Morgan fingerprint density at radius 1 is 1.41 bits per heavy atom. The Hall–Kier alpha value is 0.410. The fraction of sp³-hybridized carbons (Fsp3) is 1.00. The van der Waals surface area contributed by atoms with Crippen LogP contribution in [0.25, 0.3) is 0 Å². The molecule has 0 radical (unpaired) electrons. The second kappa shape index (κ2) is 6.04. The topological polar surface area (TPSA) is 88.4 Å². The predicted octanol–water partition coefficient (Wildman–Crippen LogP) is 0.154. The van der Waals surface area contributed by atoms with Gasteiger partial charge in [0.25, 0.3) is 0 Å². The van der Waals surface area contributed by atoms with E-state index in [9.17, 15) is 5.11 Å². The van der Waals surface area contributed by atoms with Crippen LogP contribution in [0, 0.1) is 0 Å². The summed E-state index contributed by atoms with van der Waals surface area (Å²) in [6.07, 6.45) is -2.81. The molecule has 102 valence electrons. The van der Waals surface area contributed by atoms with Crippen molar-refractivity contribution in [2.24, 2.45) is 0 Å². The van der Waals surface area contributed by atoms with Crippen molar-refractivity contribution >= 4 is 18.5 Å². The van der Waals surface area contributed by atoms with E-state index in [-0.39, 0.29) is 12.7 Å². The number of hydrogen-bond acceptors (Lipinski definition) is 5. The van der Waals surface area contributed by atoms with E-state index in [2.05, 4.69) is 11.8 Å². The average Bonchev–Trinajstić information content (AvgIpc) is 2.40. The standard InChI is InChI=1S/C9H19O6PS/c1-5(2)13-4-7-9(15-16(11,12)17)8(10)6(3)14-7/h5-10H,4H2,1-3H3,(H2,11,12,17)/t6-,7+,8+,9?/m0/s1. The number of rotatable bonds is 5. The molecule has 1 aliphatic heterocycles. The Morgan fingerprint density at radius 3 is 2.47 bits per heavy atom. The molecule has 0 aromatic rings. The van der Waals surface area contributed by atoms with Crippen LogP contribution in [0.15, 0.2) is 0 Å². The van der Waals surface area contributed by atoms with Crippen molar-refractivity contribution in [1.29, 1.82) is 0 Å². The lowest BCUT2D eigenvalue weighted by Crippen LogP contribution is -2.36. The number of hydrogen-bond donors (Lipinski definition) is 3. The van der Waals surface area contributed by atoms with Crippen LogP contribution < -0.4 is 0 Å². The van der Waals surface area contributed by atoms with Gasteiger partial charge in [-0.05, 0) is 32.6 Å². The lowest BCUT2D eigenvalue weighted by atomic mass is 10.1. The molecule has 1 rings (SSSR count). The third-order valence-electron chi connectivity index (χ3n) is 2.43. The van der Waals surface area contributed by atoms with Gasteiger partial charge >= 0.3 is 6.72 Å². The zero-order valence-electron chi connectivity index (χ0n) is 10.0. The highest BCUT2D eigenvalue weighted by molar-refractivity contribution is 8.06. The highest BCUT2D eigenvalue weighted by Crippen LogP contribution is 2.42. The summed E-state index contributed by atoms with van der Waals surface area (Å²) in [5.74, 6) is 0. The maximum absolute atomic E-state index is 9.80. The van der Waals surface area contributed by atoms with Gasteiger partial charge in [0, 0.05) is 0 Å². The largest absolute Gasteiger partial charge is 0.388 e. The van der Waals surface area contributed by atoms with Crippen molar-refractivity contribution in [3.8, 4) is 0 Å². The van der Waals surface area contributed by atoms with E-state index in [1.165, 1.54) is 0 Å². The first kappa shape index (κ1) is 15.5. The van der Waals surface area contributed by atoms with Crippen molar-refractivity contribution in [2.45, 2.75) is 51.3 Å². The van der Waals surface area contributed by atoms with Crippen LogP contribution in [0.2, 0.25) is 0 Å². The smallest absolute Gasteiger partial charge is 0.322 e. The number of aliphatic hydroxyl groups excluding tert-OH is 1. The average molecular weight is 286 g/mol. The lowest BCUT2D eigenvalue weighted by Gasteiger charge is -2.23. The van der Waals surface area contributed by atoms with Crippen molar-refractivity contribution in [3.63, 3.8) is 0 Å². The maximum Gasteiger partial charge on any atom is 0.322 e. The van der Waals surface area contributed by atoms with Crippen LogP contribution in [0.3, 0.4) is 0 Å². The van der Waals surface area contributed by atoms with E-state index < -0.39 is 31.1 Å². The fourth-order valence-electron chi connectivity index (χ4n) is 1.63. The van der Waals surface area contributed by atoms with Gasteiger partial charge in [0.2, 0.25) is 0 Å². The lowest BCUT2D eigenvalue weighted by molar-refractivity contribution is -0.0521. The predicted molar refractivity (Wildman–Crippen MR) is 65.0 cm³/mol. The quantitative estimate of drug-likeness (QED) is 0.620. The third-order valence-corrected chi connectivity index (χ3v) is 3.20. The molecule has 1 unspecified atom stereocenters. The van der Waals surface area contributed by atoms with Gasteiger partial charge in [-0.2, -0.15) is 0 Å². The van der Waals surface area contributed by atoms with E-state index in [0.717, 1.165) is 0 Å². The van der Waals surface area contributed by atoms with Crippen LogP contribution in [-0.4, -0.2) is 52.0 Å². The molecular weight excluding hydrogens is 267 g/mol. The van der Waals surface area contributed by atoms with Gasteiger partial charge in [-0.1, -0.05) is 0 Å². The van der Waals surface area contributed by atoms with E-state index in [0.29, 0.717) is 0 Å². The molecule has 1 heterocycles. The molecule has 8 heteroatoms. The first-order valence-corrected chi connectivity index (χ1v) is 8.02. The second-order valence-corrected chi connectivity index (χ2v) is 6.93. The Morgan fingerprint density at radius 2 is 2.00 bits per heavy atom. The summed E-state index contributed by atoms with van der Waals surface area (Å²) in [6, 6.07) is 0. The van der Waals surface area contributed by atoms with Gasteiger partial charge in [-0.15, -0.1) is 0 Å². The van der Waals surface area contributed by atoms with Crippen molar-refractivity contribution in [3.05, 3.63) is 0 Å². The van der Waals surface area contributed by atoms with E-state index in [1.54, 1.807) is 6.92 Å². The van der Waals surface area contributed by atoms with Crippen LogP contribution >= 0.6 is 6.72 Å². The summed E-state index contributed by atoms with van der Waals surface area (Å²) in [6.45, 7) is 1.79. The summed E-state index contributed by atoms with van der Waals surface area (Å²) in [5.41, 5.74) is 0. The summed E-state index contributed by atoms with van der Waals surface area (Å²) in [4.78, 5) is 18.3. The molecule has 3 N–H and O–H groups in total. The Labute approximate surface area is 106 Å². The Balaban J connectivity index is 2.64. The third kappa shape index (κ3) is 4.89. The Bertz CT molecular complexity index is 293. The van der Waals surface area contributed by atoms with Crippen LogP contribution in [0.5, 0.6) is 0 Å². The molecular formula is C9H19O6PS. The zero-order valence-corrected chi connectivity index (χ0v) is 11.7. The molecule has 0 bridgehead atoms. The number of aliphatic hydroxyl groups is 1. The molecule has 6 nitrogen and oxygen atoms in total. The molecule has 1 saturated heterocycles. The maximum atomic E-state index is 9.80. The number of ether oxygens (including phenoxy) is 2. The molecule has 17 heavy (non-hydrogen) atoms. The fourth-order valence-corrected chi connectivity index (χ4v) is 2.51. The normalized spacial score (nSPS) is 34.5. The minimum absolute atomic E-state index is 0.0126. The summed E-state index contributed by atoms with van der Waals surface area (Å²) in [7, 11) is 0. The van der Waals surface area contributed by atoms with Crippen LogP contribution in [0.1, 0.15) is 20.8 Å². The summed E-state index contributed by atoms with van der Waals surface area (Å²) >= 11 is 4.39. The van der Waals surface area contributed by atoms with Gasteiger partial charge in [0.1, 0.15) is 18.3 Å². The minimum atomic E-state index is -3.83. The first-order valence-electron chi connectivity index (χ1n) is 5.40. The molecule has 0 saturated carbocycles. The van der Waals surface area contributed by atoms with Gasteiger partial charge in [-0.3, -0.25) is 4.52 Å². The summed E-state index contributed by atoms with van der Waals surface area (Å²) < 4.78 is 15.7. The Kier molecular flexibility index (Phi) is 5.49. The molecule has 0 aromatic heterocycles. The monoisotopic (exact) mass is 286 g/mol. The van der Waals surface area contributed by atoms with Crippen LogP contribution in [-0.2, 0) is 25.8 Å². The zero-order chi connectivity index (χ0) is 13.2. The van der Waals surface area contributed by atoms with Crippen molar-refractivity contribution in [2.75, 3.05) is 6.61 Å². The van der Waals surface area contributed by atoms with Crippen molar-refractivity contribution < 1.29 is 28.9 Å². The highest BCUT2D eigenvalue weighted by atomic mass is 32.5. The molecule has 0 aromatic carbocycles. The molecule has 1 fully saturated rings.